The molecular weight excluding hydrogens is 420 g/mol. The Morgan fingerprint density at radius 3 is 2.90 bits per heavy atom. The topological polar surface area (TPSA) is 59.1 Å². The highest BCUT2D eigenvalue weighted by atomic mass is 32.2. The molecule has 1 amide bonds. The number of nitrogens with one attached hydrogen (secondary N) is 1. The first kappa shape index (κ1) is 20.4. The molecule has 0 spiro atoms. The van der Waals surface area contributed by atoms with E-state index in [2.05, 4.69) is 24.1 Å². The van der Waals surface area contributed by atoms with Gasteiger partial charge in [0.15, 0.2) is 10.1 Å². The molecule has 0 saturated carbocycles. The third-order valence-corrected chi connectivity index (χ3v) is 8.27. The van der Waals surface area contributed by atoms with Gasteiger partial charge in [-0.2, -0.15) is 11.8 Å². The van der Waals surface area contributed by atoms with Gasteiger partial charge in [0.25, 0.3) is 0 Å². The van der Waals surface area contributed by atoms with E-state index in [0.717, 1.165) is 37.3 Å². The summed E-state index contributed by atoms with van der Waals surface area (Å²) in [7, 11) is 0. The quantitative estimate of drug-likeness (QED) is 0.368. The van der Waals surface area contributed by atoms with Gasteiger partial charge in [0.2, 0.25) is 5.91 Å². The van der Waals surface area contributed by atoms with Crippen molar-refractivity contribution in [1.82, 2.24) is 4.98 Å². The van der Waals surface area contributed by atoms with Gasteiger partial charge in [-0.1, -0.05) is 49.9 Å². The number of aromatic nitrogens is 1. The van der Waals surface area contributed by atoms with Crippen LogP contribution in [0.1, 0.15) is 42.1 Å². The molecule has 2 aromatic carbocycles. The van der Waals surface area contributed by atoms with E-state index in [0.29, 0.717) is 10.8 Å². The highest BCUT2D eigenvalue weighted by Gasteiger charge is 2.33. The Bertz CT molecular complexity index is 1060. The second-order valence-corrected chi connectivity index (χ2v) is 11.2. The number of carbonyl (C=O) groups excluding carboxylic acids is 2. The lowest BCUT2D eigenvalue weighted by molar-refractivity contribution is -0.117. The number of carbonyl (C=O) groups is 2. The summed E-state index contributed by atoms with van der Waals surface area (Å²) in [6.45, 7) is 4.42. The van der Waals surface area contributed by atoms with Gasteiger partial charge in [-0.05, 0) is 29.0 Å². The van der Waals surface area contributed by atoms with Gasteiger partial charge >= 0.3 is 0 Å². The first-order valence-corrected chi connectivity index (χ1v) is 12.4. The van der Waals surface area contributed by atoms with Crippen molar-refractivity contribution in [2.45, 2.75) is 35.8 Å². The zero-order valence-electron chi connectivity index (χ0n) is 16.3. The number of benzene rings is 2. The predicted octanol–water partition coefficient (Wildman–Crippen LogP) is 5.84. The number of amides is 1. The Morgan fingerprint density at radius 2 is 2.07 bits per heavy atom. The number of hydrogen-bond donors (Lipinski definition) is 1. The van der Waals surface area contributed by atoms with Crippen LogP contribution in [0.4, 0.5) is 5.69 Å². The Labute approximate surface area is 182 Å². The lowest BCUT2D eigenvalue weighted by Gasteiger charge is -2.11. The summed E-state index contributed by atoms with van der Waals surface area (Å²) >= 11 is 5.40. The first-order chi connectivity index (χ1) is 14.0. The van der Waals surface area contributed by atoms with Crippen LogP contribution in [0.15, 0.2) is 46.8 Å². The molecule has 7 heteroatoms. The number of thiazole rings is 1. The molecule has 0 saturated heterocycles. The van der Waals surface area contributed by atoms with Crippen LogP contribution in [0.2, 0.25) is 0 Å². The van der Waals surface area contributed by atoms with Crippen molar-refractivity contribution < 1.29 is 9.59 Å². The molecule has 1 aliphatic rings. The Balaban J connectivity index is 1.43. The summed E-state index contributed by atoms with van der Waals surface area (Å²) in [6.07, 6.45) is 0.239. The van der Waals surface area contributed by atoms with Crippen LogP contribution in [-0.2, 0) is 4.79 Å². The van der Waals surface area contributed by atoms with Gasteiger partial charge in [-0.3, -0.25) is 9.59 Å². The zero-order chi connectivity index (χ0) is 20.4. The Hall–Kier alpha value is -1.83. The van der Waals surface area contributed by atoms with Crippen molar-refractivity contribution in [3.8, 4) is 0 Å². The SMILES string of the molecule is CC(C)SCCSc1nc2ccc(NC(=O)C3CC(=O)c4ccccc43)cc2s1. The van der Waals surface area contributed by atoms with Crippen LogP contribution < -0.4 is 5.32 Å². The molecule has 1 aliphatic carbocycles. The third-order valence-electron chi connectivity index (χ3n) is 4.74. The fourth-order valence-electron chi connectivity index (χ4n) is 3.38. The summed E-state index contributed by atoms with van der Waals surface area (Å²) in [4.78, 5) is 29.7. The molecule has 0 radical (unpaired) electrons. The average molecular weight is 443 g/mol. The number of fused-ring (bicyclic) bond motifs is 2. The first-order valence-electron chi connectivity index (χ1n) is 9.59. The molecule has 0 fully saturated rings. The lowest BCUT2D eigenvalue weighted by Crippen LogP contribution is -2.19. The van der Waals surface area contributed by atoms with Crippen LogP contribution in [0, 0.1) is 0 Å². The van der Waals surface area contributed by atoms with Gasteiger partial charge in [0, 0.05) is 29.2 Å². The van der Waals surface area contributed by atoms with Crippen LogP contribution in [0.25, 0.3) is 10.2 Å². The van der Waals surface area contributed by atoms with Crippen molar-refractivity contribution in [2.24, 2.45) is 0 Å². The van der Waals surface area contributed by atoms with E-state index in [1.165, 1.54) is 0 Å². The normalized spacial score (nSPS) is 15.8. The minimum atomic E-state index is -0.416. The van der Waals surface area contributed by atoms with E-state index >= 15 is 0 Å². The van der Waals surface area contributed by atoms with Crippen molar-refractivity contribution in [3.63, 3.8) is 0 Å². The summed E-state index contributed by atoms with van der Waals surface area (Å²) < 4.78 is 2.12. The monoisotopic (exact) mass is 442 g/mol. The summed E-state index contributed by atoms with van der Waals surface area (Å²) in [5.41, 5.74) is 3.19. The molecule has 1 N–H and O–H groups in total. The number of rotatable bonds is 7. The van der Waals surface area contributed by atoms with E-state index in [-0.39, 0.29) is 18.1 Å². The molecule has 4 rings (SSSR count). The highest BCUT2D eigenvalue weighted by Crippen LogP contribution is 2.35. The van der Waals surface area contributed by atoms with Gasteiger partial charge in [0.1, 0.15) is 0 Å². The maximum atomic E-state index is 12.8. The van der Waals surface area contributed by atoms with Crippen LogP contribution in [-0.4, -0.2) is 33.4 Å². The largest absolute Gasteiger partial charge is 0.325 e. The molecule has 1 atom stereocenters. The maximum Gasteiger partial charge on any atom is 0.232 e. The minimum absolute atomic E-state index is 0.0379. The van der Waals surface area contributed by atoms with E-state index in [9.17, 15) is 9.59 Å². The molecule has 4 nitrogen and oxygen atoms in total. The van der Waals surface area contributed by atoms with Crippen molar-refractivity contribution in [1.29, 1.82) is 0 Å². The van der Waals surface area contributed by atoms with E-state index in [1.807, 2.05) is 48.2 Å². The number of nitrogens with zero attached hydrogens (tertiary/aromatic N) is 1. The van der Waals surface area contributed by atoms with Gasteiger partial charge in [-0.25, -0.2) is 4.98 Å². The van der Waals surface area contributed by atoms with Gasteiger partial charge < -0.3 is 5.32 Å². The molecule has 3 aromatic rings. The van der Waals surface area contributed by atoms with Crippen LogP contribution in [0.3, 0.4) is 0 Å². The predicted molar refractivity (Wildman–Crippen MR) is 125 cm³/mol. The van der Waals surface area contributed by atoms with Crippen molar-refractivity contribution in [2.75, 3.05) is 16.8 Å². The molecule has 1 aromatic heterocycles. The van der Waals surface area contributed by atoms with Gasteiger partial charge in [0.05, 0.1) is 16.1 Å². The molecule has 0 bridgehead atoms. The number of ketones is 1. The number of thioether (sulfide) groups is 2. The minimum Gasteiger partial charge on any atom is -0.325 e. The Morgan fingerprint density at radius 1 is 1.24 bits per heavy atom. The molecule has 1 heterocycles. The van der Waals surface area contributed by atoms with E-state index < -0.39 is 5.92 Å². The summed E-state index contributed by atoms with van der Waals surface area (Å²) in [5.74, 6) is 1.64. The molecule has 1 unspecified atom stereocenters. The second-order valence-electron chi connectivity index (χ2n) is 7.19. The standard InChI is InChI=1S/C22H22N2O2S3/c1-13(2)27-9-10-28-22-24-18-8-7-14(11-20(18)29-22)23-21(26)17-12-19(25)16-6-4-3-5-15(16)17/h3-8,11,13,17H,9-10,12H2,1-2H3,(H,23,26). The number of anilines is 1. The molecule has 29 heavy (non-hydrogen) atoms. The Kier molecular flexibility index (Phi) is 6.27. The third kappa shape index (κ3) is 4.68. The fourth-order valence-corrected chi connectivity index (χ4v) is 6.40. The second kappa shape index (κ2) is 8.90. The molecular formula is C22H22N2O2S3. The number of hydrogen-bond acceptors (Lipinski definition) is 6. The van der Waals surface area contributed by atoms with Crippen molar-refractivity contribution >= 4 is 62.5 Å². The lowest BCUT2D eigenvalue weighted by atomic mass is 10.0. The van der Waals surface area contributed by atoms with Gasteiger partial charge in [-0.15, -0.1) is 11.3 Å². The highest BCUT2D eigenvalue weighted by molar-refractivity contribution is 8.04. The average Bonchev–Trinajstić information content (AvgIpc) is 3.26. The van der Waals surface area contributed by atoms with E-state index in [4.69, 9.17) is 0 Å². The molecule has 150 valence electrons. The smallest absolute Gasteiger partial charge is 0.232 e. The maximum absolute atomic E-state index is 12.8. The van der Waals surface area contributed by atoms with Crippen molar-refractivity contribution in [3.05, 3.63) is 53.6 Å². The number of Topliss-reactive ketones (excluding diaryl/α,β-unsaturated/α-hetero) is 1. The summed E-state index contributed by atoms with van der Waals surface area (Å²) in [6, 6.07) is 13.2. The van der Waals surface area contributed by atoms with Crippen LogP contribution >= 0.6 is 34.9 Å². The fraction of sp³-hybridized carbons (Fsp3) is 0.318. The van der Waals surface area contributed by atoms with Crippen LogP contribution in [0.5, 0.6) is 0 Å². The molecule has 0 aliphatic heterocycles. The van der Waals surface area contributed by atoms with E-state index in [1.54, 1.807) is 29.2 Å². The summed E-state index contributed by atoms with van der Waals surface area (Å²) in [5, 5.41) is 3.64. The zero-order valence-corrected chi connectivity index (χ0v) is 18.8.